The second kappa shape index (κ2) is 8.98. The van der Waals surface area contributed by atoms with Gasteiger partial charge in [0, 0.05) is 12.0 Å². The predicted octanol–water partition coefficient (Wildman–Crippen LogP) is 6.11. The monoisotopic (exact) mass is 411 g/mol. The van der Waals surface area contributed by atoms with Gasteiger partial charge in [-0.15, -0.1) is 0 Å². The maximum absolute atomic E-state index is 6.79. The molecule has 3 aromatic rings. The first-order valence-electron chi connectivity index (χ1n) is 11.7. The van der Waals surface area contributed by atoms with Gasteiger partial charge in [0.05, 0.1) is 12.7 Å². The molecule has 0 unspecified atom stereocenters. The van der Waals surface area contributed by atoms with E-state index in [1.807, 2.05) is 0 Å². The normalized spacial score (nSPS) is 25.1. The van der Waals surface area contributed by atoms with Crippen LogP contribution in [0.5, 0.6) is 0 Å². The van der Waals surface area contributed by atoms with Gasteiger partial charge in [-0.2, -0.15) is 0 Å². The Morgan fingerprint density at radius 1 is 0.806 bits per heavy atom. The first-order chi connectivity index (χ1) is 15.2. The van der Waals surface area contributed by atoms with Crippen LogP contribution in [0.2, 0.25) is 0 Å². The lowest BCUT2D eigenvalue weighted by molar-refractivity contribution is -0.120. The van der Waals surface area contributed by atoms with Crippen LogP contribution in [0.3, 0.4) is 0 Å². The summed E-state index contributed by atoms with van der Waals surface area (Å²) >= 11 is 0. The number of benzene rings is 3. The second-order valence-electron chi connectivity index (χ2n) is 9.36. The number of ether oxygens (including phenoxy) is 1. The van der Waals surface area contributed by atoms with Crippen molar-refractivity contribution in [1.82, 2.24) is 4.90 Å². The fourth-order valence-electron chi connectivity index (χ4n) is 5.66. The van der Waals surface area contributed by atoms with Crippen LogP contribution < -0.4 is 0 Å². The summed E-state index contributed by atoms with van der Waals surface area (Å²) in [5, 5.41) is 0. The lowest BCUT2D eigenvalue weighted by Crippen LogP contribution is -2.60. The average molecular weight is 412 g/mol. The Kier molecular flexibility index (Phi) is 5.93. The van der Waals surface area contributed by atoms with E-state index >= 15 is 0 Å². The fraction of sp³-hybridized carbons (Fsp3) is 0.379. The molecule has 0 amide bonds. The Hall–Kier alpha value is -2.42. The van der Waals surface area contributed by atoms with Gasteiger partial charge in [0.2, 0.25) is 0 Å². The molecule has 31 heavy (non-hydrogen) atoms. The highest BCUT2D eigenvalue weighted by atomic mass is 16.5. The molecule has 3 aliphatic rings. The van der Waals surface area contributed by atoms with E-state index in [2.05, 4.69) is 97.6 Å². The highest BCUT2D eigenvalue weighted by molar-refractivity contribution is 5.36. The van der Waals surface area contributed by atoms with Crippen LogP contribution in [-0.4, -0.2) is 30.1 Å². The molecule has 2 bridgehead atoms. The summed E-state index contributed by atoms with van der Waals surface area (Å²) in [5.41, 5.74) is 6.77. The van der Waals surface area contributed by atoms with Gasteiger partial charge in [-0.05, 0) is 73.5 Å². The lowest BCUT2D eigenvalue weighted by atomic mass is 9.72. The van der Waals surface area contributed by atoms with E-state index in [1.165, 1.54) is 53.7 Å². The van der Waals surface area contributed by atoms with Crippen LogP contribution in [0.1, 0.15) is 46.6 Å². The number of hydrogen-bond donors (Lipinski definition) is 0. The first kappa shape index (κ1) is 20.5. The van der Waals surface area contributed by atoms with Crippen LogP contribution in [0.25, 0.3) is 0 Å². The van der Waals surface area contributed by atoms with Gasteiger partial charge in [-0.1, -0.05) is 78.9 Å². The molecule has 0 N–H and O–H groups in total. The zero-order valence-corrected chi connectivity index (χ0v) is 18.7. The van der Waals surface area contributed by atoms with Gasteiger partial charge in [-0.25, -0.2) is 0 Å². The molecule has 2 nitrogen and oxygen atoms in total. The summed E-state index contributed by atoms with van der Waals surface area (Å²) in [7, 11) is 0. The van der Waals surface area contributed by atoms with Crippen molar-refractivity contribution in [2.75, 3.05) is 13.1 Å². The van der Waals surface area contributed by atoms with Crippen molar-refractivity contribution < 1.29 is 4.74 Å². The molecule has 3 saturated heterocycles. The van der Waals surface area contributed by atoms with Crippen molar-refractivity contribution in [2.24, 2.45) is 5.92 Å². The molecular weight excluding hydrogens is 378 g/mol. The number of piperidine rings is 3. The van der Waals surface area contributed by atoms with E-state index in [9.17, 15) is 0 Å². The van der Waals surface area contributed by atoms with E-state index in [0.717, 1.165) is 0 Å². The minimum Gasteiger partial charge on any atom is -0.372 e. The van der Waals surface area contributed by atoms with Crippen molar-refractivity contribution in [3.05, 3.63) is 107 Å². The molecule has 0 aliphatic carbocycles. The summed E-state index contributed by atoms with van der Waals surface area (Å²) in [6.45, 7) is 7.44. The SMILES string of the molecule is Cc1ccc(CO[C@@H]2C3CCN(CC3)[C@@H]2C(c2ccccc2)c2ccccc2)cc1C. The quantitative estimate of drug-likeness (QED) is 0.485. The van der Waals surface area contributed by atoms with Crippen LogP contribution in [0.4, 0.5) is 0 Å². The van der Waals surface area contributed by atoms with Crippen LogP contribution in [0.15, 0.2) is 78.9 Å². The lowest BCUT2D eigenvalue weighted by Gasteiger charge is -2.53. The Morgan fingerprint density at radius 2 is 1.42 bits per heavy atom. The topological polar surface area (TPSA) is 12.5 Å². The van der Waals surface area contributed by atoms with E-state index in [4.69, 9.17) is 4.74 Å². The van der Waals surface area contributed by atoms with Gasteiger partial charge in [0.1, 0.15) is 0 Å². The molecule has 0 radical (unpaired) electrons. The van der Waals surface area contributed by atoms with Crippen molar-refractivity contribution in [3.63, 3.8) is 0 Å². The summed E-state index contributed by atoms with van der Waals surface area (Å²) in [6.07, 6.45) is 2.77. The summed E-state index contributed by atoms with van der Waals surface area (Å²) in [4.78, 5) is 2.70. The van der Waals surface area contributed by atoms with Gasteiger partial charge in [-0.3, -0.25) is 4.90 Å². The van der Waals surface area contributed by atoms with Crippen molar-refractivity contribution in [1.29, 1.82) is 0 Å². The minimum absolute atomic E-state index is 0.259. The second-order valence-corrected chi connectivity index (χ2v) is 9.36. The van der Waals surface area contributed by atoms with Gasteiger partial charge in [0.25, 0.3) is 0 Å². The molecule has 0 saturated carbocycles. The van der Waals surface area contributed by atoms with E-state index in [1.54, 1.807) is 0 Å². The molecule has 3 aliphatic heterocycles. The fourth-order valence-corrected chi connectivity index (χ4v) is 5.66. The maximum atomic E-state index is 6.79. The molecular formula is C29H33NO. The number of hydrogen-bond acceptors (Lipinski definition) is 2. The Morgan fingerprint density at radius 3 is 2.00 bits per heavy atom. The van der Waals surface area contributed by atoms with E-state index in [0.29, 0.717) is 24.5 Å². The molecule has 160 valence electrons. The van der Waals surface area contributed by atoms with Crippen molar-refractivity contribution in [3.8, 4) is 0 Å². The molecule has 0 spiro atoms. The van der Waals surface area contributed by atoms with Gasteiger partial charge in [0.15, 0.2) is 0 Å². The molecule has 2 heteroatoms. The Bertz CT molecular complexity index is 952. The van der Waals surface area contributed by atoms with Gasteiger partial charge >= 0.3 is 0 Å². The zero-order valence-electron chi connectivity index (χ0n) is 18.7. The number of rotatable bonds is 6. The molecule has 3 aromatic carbocycles. The highest BCUT2D eigenvalue weighted by Gasteiger charge is 2.47. The van der Waals surface area contributed by atoms with E-state index < -0.39 is 0 Å². The Labute approximate surface area is 186 Å². The summed E-state index contributed by atoms with van der Waals surface area (Å²) in [5.74, 6) is 0.978. The summed E-state index contributed by atoms with van der Waals surface area (Å²) in [6, 6.07) is 29.2. The highest BCUT2D eigenvalue weighted by Crippen LogP contribution is 2.43. The molecule has 0 aromatic heterocycles. The van der Waals surface area contributed by atoms with Gasteiger partial charge < -0.3 is 4.74 Å². The van der Waals surface area contributed by atoms with E-state index in [-0.39, 0.29) is 6.10 Å². The van der Waals surface area contributed by atoms with Crippen LogP contribution in [0, 0.1) is 19.8 Å². The molecule has 3 fully saturated rings. The third kappa shape index (κ3) is 4.20. The number of nitrogens with zero attached hydrogens (tertiary/aromatic N) is 1. The molecule has 2 atom stereocenters. The third-order valence-electron chi connectivity index (χ3n) is 7.47. The third-order valence-corrected chi connectivity index (χ3v) is 7.47. The summed E-state index contributed by atoms with van der Waals surface area (Å²) < 4.78 is 6.79. The smallest absolute Gasteiger partial charge is 0.0773 e. The number of aryl methyl sites for hydroxylation is 2. The van der Waals surface area contributed by atoms with Crippen molar-refractivity contribution in [2.45, 2.75) is 51.4 Å². The first-order valence-corrected chi connectivity index (χ1v) is 11.7. The maximum Gasteiger partial charge on any atom is 0.0773 e. The van der Waals surface area contributed by atoms with Crippen LogP contribution >= 0.6 is 0 Å². The minimum atomic E-state index is 0.259. The molecule has 3 heterocycles. The standard InChI is InChI=1S/C29H33NO/c1-21-13-14-23(19-22(21)2)20-31-29-26-15-17-30(18-16-26)28(29)27(24-9-5-3-6-10-24)25-11-7-4-8-12-25/h3-14,19,26-29H,15-18,20H2,1-2H3/t28-,29-/m1/s1. The zero-order chi connectivity index (χ0) is 21.2. The Balaban J connectivity index is 1.48. The van der Waals surface area contributed by atoms with Crippen LogP contribution in [-0.2, 0) is 11.3 Å². The number of fused-ring (bicyclic) bond motifs is 3. The predicted molar refractivity (Wildman–Crippen MR) is 127 cm³/mol. The average Bonchev–Trinajstić information content (AvgIpc) is 2.83. The largest absolute Gasteiger partial charge is 0.372 e. The van der Waals surface area contributed by atoms with Crippen molar-refractivity contribution >= 4 is 0 Å². The molecule has 6 rings (SSSR count).